The van der Waals surface area contributed by atoms with Gasteiger partial charge in [0.15, 0.2) is 12.4 Å². The van der Waals surface area contributed by atoms with Crippen molar-refractivity contribution in [1.29, 1.82) is 0 Å². The van der Waals surface area contributed by atoms with Crippen molar-refractivity contribution in [2.75, 3.05) is 11.9 Å². The number of ether oxygens (including phenoxy) is 1. The molecule has 0 saturated carbocycles. The van der Waals surface area contributed by atoms with Crippen LogP contribution < -0.4 is 5.32 Å². The molecule has 1 amide bonds. The van der Waals surface area contributed by atoms with Gasteiger partial charge in [-0.2, -0.15) is 0 Å². The second kappa shape index (κ2) is 9.62. The predicted molar refractivity (Wildman–Crippen MR) is 117 cm³/mol. The van der Waals surface area contributed by atoms with Gasteiger partial charge >= 0.3 is 5.97 Å². The third-order valence-electron chi connectivity index (χ3n) is 3.99. The fraction of sp³-hybridized carbons (Fsp3) is 0.0455. The second-order valence-corrected chi connectivity index (χ2v) is 7.88. The highest BCUT2D eigenvalue weighted by molar-refractivity contribution is 9.10. The summed E-state index contributed by atoms with van der Waals surface area (Å²) >= 11 is 6.62. The number of halogens is 2. The quantitative estimate of drug-likeness (QED) is 0.346. The second-order valence-electron chi connectivity index (χ2n) is 6.04. The topological polar surface area (TPSA) is 72.5 Å². The molecule has 0 aliphatic carbocycles. The number of carbonyl (C=O) groups excluding carboxylic acids is 3. The van der Waals surface area contributed by atoms with E-state index in [0.29, 0.717) is 16.8 Å². The van der Waals surface area contributed by atoms with E-state index in [1.165, 1.54) is 12.1 Å². The van der Waals surface area contributed by atoms with Crippen LogP contribution in [0.25, 0.3) is 0 Å². The molecule has 29 heavy (non-hydrogen) atoms. The zero-order valence-electron chi connectivity index (χ0n) is 15.0. The van der Waals surface area contributed by atoms with E-state index in [2.05, 4.69) is 37.2 Å². The highest BCUT2D eigenvalue weighted by Crippen LogP contribution is 2.15. The molecule has 0 aliphatic heterocycles. The monoisotopic (exact) mass is 515 g/mol. The Morgan fingerprint density at radius 1 is 0.690 bits per heavy atom. The van der Waals surface area contributed by atoms with Crippen molar-refractivity contribution in [2.24, 2.45) is 0 Å². The van der Waals surface area contributed by atoms with Crippen LogP contribution in [0, 0.1) is 0 Å². The molecule has 0 unspecified atom stereocenters. The minimum Gasteiger partial charge on any atom is -0.454 e. The van der Waals surface area contributed by atoms with Crippen molar-refractivity contribution < 1.29 is 19.1 Å². The third kappa shape index (κ3) is 5.85. The zero-order chi connectivity index (χ0) is 20.8. The van der Waals surface area contributed by atoms with Gasteiger partial charge in [-0.15, -0.1) is 0 Å². The number of anilines is 1. The first-order chi connectivity index (χ1) is 13.9. The van der Waals surface area contributed by atoms with Crippen molar-refractivity contribution in [1.82, 2.24) is 0 Å². The van der Waals surface area contributed by atoms with Crippen LogP contribution in [0.15, 0.2) is 81.7 Å². The van der Waals surface area contributed by atoms with E-state index in [1.54, 1.807) is 60.7 Å². The predicted octanol–water partition coefficient (Wildman–Crippen LogP) is 5.50. The molecule has 3 aromatic rings. The Balaban J connectivity index is 1.55. The van der Waals surface area contributed by atoms with Gasteiger partial charge in [0.25, 0.3) is 5.91 Å². The number of carbonyl (C=O) groups is 3. The summed E-state index contributed by atoms with van der Waals surface area (Å²) in [5, 5.41) is 2.76. The number of ketones is 1. The van der Waals surface area contributed by atoms with Crippen LogP contribution in [-0.4, -0.2) is 24.3 Å². The molecule has 0 atom stereocenters. The van der Waals surface area contributed by atoms with Gasteiger partial charge in [-0.1, -0.05) is 44.0 Å². The van der Waals surface area contributed by atoms with Crippen molar-refractivity contribution >= 4 is 55.2 Å². The lowest BCUT2D eigenvalue weighted by atomic mass is 10.1. The largest absolute Gasteiger partial charge is 0.454 e. The van der Waals surface area contributed by atoms with Crippen LogP contribution in [0.5, 0.6) is 0 Å². The smallest absolute Gasteiger partial charge is 0.338 e. The molecule has 1 N–H and O–H groups in total. The van der Waals surface area contributed by atoms with Gasteiger partial charge in [0, 0.05) is 25.8 Å². The highest BCUT2D eigenvalue weighted by atomic mass is 79.9. The Labute approximate surface area is 184 Å². The average molecular weight is 517 g/mol. The summed E-state index contributed by atoms with van der Waals surface area (Å²) < 4.78 is 6.83. The number of nitrogens with one attached hydrogen (secondary N) is 1. The summed E-state index contributed by atoms with van der Waals surface area (Å²) in [7, 11) is 0. The van der Waals surface area contributed by atoms with Gasteiger partial charge < -0.3 is 10.1 Å². The van der Waals surface area contributed by atoms with E-state index >= 15 is 0 Å². The summed E-state index contributed by atoms with van der Waals surface area (Å²) in [6, 6.07) is 20.0. The number of Topliss-reactive ketones (excluding diaryl/α,β-unsaturated/α-hetero) is 1. The first-order valence-corrected chi connectivity index (χ1v) is 10.1. The molecule has 0 heterocycles. The number of esters is 1. The fourth-order valence-electron chi connectivity index (χ4n) is 2.43. The molecule has 0 bridgehead atoms. The molecule has 5 nitrogen and oxygen atoms in total. The van der Waals surface area contributed by atoms with Gasteiger partial charge in [-0.25, -0.2) is 4.79 Å². The lowest BCUT2D eigenvalue weighted by molar-refractivity contribution is 0.0475. The Bertz CT molecular complexity index is 1030. The summed E-state index contributed by atoms with van der Waals surface area (Å²) in [5.41, 5.74) is 1.81. The molecular formula is C22H15Br2NO4. The minimum atomic E-state index is -0.610. The molecule has 0 fully saturated rings. The zero-order valence-corrected chi connectivity index (χ0v) is 18.2. The summed E-state index contributed by atoms with van der Waals surface area (Å²) in [6.07, 6.45) is 0. The number of amides is 1. The molecule has 0 aliphatic rings. The number of benzene rings is 3. The lowest BCUT2D eigenvalue weighted by Gasteiger charge is -2.07. The molecular weight excluding hydrogens is 502 g/mol. The molecule has 146 valence electrons. The SMILES string of the molecule is O=C(COC(=O)c1ccc(NC(=O)c2ccc(Br)cc2)cc1)c1ccc(Br)cc1. The first kappa shape index (κ1) is 21.0. The van der Waals surface area contributed by atoms with Crippen LogP contribution in [-0.2, 0) is 4.74 Å². The van der Waals surface area contributed by atoms with Crippen LogP contribution in [0.4, 0.5) is 5.69 Å². The van der Waals surface area contributed by atoms with Gasteiger partial charge in [-0.3, -0.25) is 9.59 Å². The Morgan fingerprint density at radius 3 is 1.72 bits per heavy atom. The van der Waals surface area contributed by atoms with E-state index in [-0.39, 0.29) is 23.9 Å². The average Bonchev–Trinajstić information content (AvgIpc) is 2.73. The maximum atomic E-state index is 12.2. The Hall–Kier alpha value is -2.77. The van der Waals surface area contributed by atoms with Gasteiger partial charge in [0.1, 0.15) is 0 Å². The molecule has 3 rings (SSSR count). The first-order valence-electron chi connectivity index (χ1n) is 8.55. The minimum absolute atomic E-state index is 0.257. The molecule has 7 heteroatoms. The standard InChI is InChI=1S/C22H15Br2NO4/c23-17-7-1-14(2-8-17)20(26)13-29-22(28)16-5-11-19(12-6-16)25-21(27)15-3-9-18(24)10-4-15/h1-12H,13H2,(H,25,27). The summed E-state index contributed by atoms with van der Waals surface area (Å²) in [4.78, 5) is 36.4. The van der Waals surface area contributed by atoms with Crippen LogP contribution in [0.2, 0.25) is 0 Å². The van der Waals surface area contributed by atoms with Gasteiger partial charge in [0.2, 0.25) is 0 Å². The summed E-state index contributed by atoms with van der Waals surface area (Å²) in [5.74, 6) is -1.15. The third-order valence-corrected chi connectivity index (χ3v) is 5.04. The lowest BCUT2D eigenvalue weighted by Crippen LogP contribution is -2.14. The number of hydrogen-bond donors (Lipinski definition) is 1. The van der Waals surface area contributed by atoms with Crippen LogP contribution in [0.3, 0.4) is 0 Å². The maximum absolute atomic E-state index is 12.2. The van der Waals surface area contributed by atoms with Crippen molar-refractivity contribution in [3.63, 3.8) is 0 Å². The molecule has 0 saturated heterocycles. The van der Waals surface area contributed by atoms with E-state index in [0.717, 1.165) is 8.95 Å². The molecule has 3 aromatic carbocycles. The van der Waals surface area contributed by atoms with Crippen molar-refractivity contribution in [3.8, 4) is 0 Å². The Morgan fingerprint density at radius 2 is 1.17 bits per heavy atom. The van der Waals surface area contributed by atoms with Crippen LogP contribution >= 0.6 is 31.9 Å². The van der Waals surface area contributed by atoms with Crippen molar-refractivity contribution in [3.05, 3.63) is 98.4 Å². The normalized spacial score (nSPS) is 10.3. The maximum Gasteiger partial charge on any atom is 0.338 e. The molecule has 0 aromatic heterocycles. The number of rotatable bonds is 6. The van der Waals surface area contributed by atoms with E-state index in [9.17, 15) is 14.4 Å². The Kier molecular flexibility index (Phi) is 6.95. The molecule has 0 spiro atoms. The molecule has 0 radical (unpaired) electrons. The van der Waals surface area contributed by atoms with Crippen molar-refractivity contribution in [2.45, 2.75) is 0 Å². The van der Waals surface area contributed by atoms with Gasteiger partial charge in [-0.05, 0) is 60.7 Å². The fourth-order valence-corrected chi connectivity index (χ4v) is 2.96. The van der Waals surface area contributed by atoms with E-state index in [4.69, 9.17) is 4.74 Å². The highest BCUT2D eigenvalue weighted by Gasteiger charge is 2.12. The van der Waals surface area contributed by atoms with E-state index < -0.39 is 5.97 Å². The van der Waals surface area contributed by atoms with E-state index in [1.807, 2.05) is 0 Å². The number of hydrogen-bond acceptors (Lipinski definition) is 4. The van der Waals surface area contributed by atoms with Crippen LogP contribution in [0.1, 0.15) is 31.1 Å². The summed E-state index contributed by atoms with van der Waals surface area (Å²) in [6.45, 7) is -0.345. The van der Waals surface area contributed by atoms with Gasteiger partial charge in [0.05, 0.1) is 5.56 Å².